The van der Waals surface area contributed by atoms with Crippen LogP contribution in [0.15, 0.2) is 38.6 Å². The normalized spacial score (nSPS) is 11.0. The zero-order valence-corrected chi connectivity index (χ0v) is 16.9. The largest absolute Gasteiger partial charge is 0.481 e. The molecule has 0 aliphatic rings. The number of benzene rings is 1. The van der Waals surface area contributed by atoms with Crippen LogP contribution < -0.4 is 5.69 Å². The summed E-state index contributed by atoms with van der Waals surface area (Å²) < 4.78 is 4.27. The minimum Gasteiger partial charge on any atom is -0.481 e. The molecule has 2 rings (SSSR count). The van der Waals surface area contributed by atoms with Crippen molar-refractivity contribution in [2.24, 2.45) is 0 Å². The Hall–Kier alpha value is -1.47. The van der Waals surface area contributed by atoms with Gasteiger partial charge in [0.05, 0.1) is 11.4 Å². The Balaban J connectivity index is 2.32. The van der Waals surface area contributed by atoms with Crippen molar-refractivity contribution in [3.8, 4) is 5.69 Å². The quantitative estimate of drug-likeness (QED) is 0.474. The Kier molecular flexibility index (Phi) is 7.38. The van der Waals surface area contributed by atoms with Crippen LogP contribution in [0.5, 0.6) is 0 Å². The molecule has 0 radical (unpaired) electrons. The lowest BCUT2D eigenvalue weighted by Gasteiger charge is -2.09. The number of thioether (sulfide) groups is 1. The van der Waals surface area contributed by atoms with Gasteiger partial charge in [-0.25, -0.2) is 4.79 Å². The highest BCUT2D eigenvalue weighted by atomic mass is 79.9. The fourth-order valence-electron chi connectivity index (χ4n) is 2.68. The molecule has 0 saturated carbocycles. The maximum Gasteiger partial charge on any atom is 0.332 e. The Morgan fingerprint density at radius 2 is 2.04 bits per heavy atom. The van der Waals surface area contributed by atoms with Gasteiger partial charge in [-0.05, 0) is 31.5 Å². The maximum atomic E-state index is 12.8. The van der Waals surface area contributed by atoms with Crippen molar-refractivity contribution >= 4 is 33.7 Å². The highest BCUT2D eigenvalue weighted by molar-refractivity contribution is 9.10. The molecule has 1 aromatic carbocycles. The van der Waals surface area contributed by atoms with E-state index in [1.165, 1.54) is 18.2 Å². The second-order valence-corrected chi connectivity index (χ2v) is 7.86. The third-order valence-electron chi connectivity index (χ3n) is 3.95. The first-order chi connectivity index (χ1) is 11.9. The number of rotatable bonds is 9. The molecule has 1 heterocycles. The Morgan fingerprint density at radius 3 is 2.72 bits per heavy atom. The molecule has 0 aliphatic heterocycles. The van der Waals surface area contributed by atoms with Gasteiger partial charge < -0.3 is 5.11 Å². The summed E-state index contributed by atoms with van der Waals surface area (Å²) in [5, 5.41) is 8.94. The van der Waals surface area contributed by atoms with Crippen LogP contribution in [-0.2, 0) is 11.3 Å². The van der Waals surface area contributed by atoms with E-state index in [-0.39, 0.29) is 11.4 Å². The number of nitrogens with zero attached hydrogens (tertiary/aromatic N) is 2. The Bertz CT molecular complexity index is 798. The first kappa shape index (κ1) is 19.8. The van der Waals surface area contributed by atoms with Crippen molar-refractivity contribution in [3.05, 3.63) is 45.0 Å². The lowest BCUT2D eigenvalue weighted by Crippen LogP contribution is -2.24. The van der Waals surface area contributed by atoms with Crippen molar-refractivity contribution < 1.29 is 9.90 Å². The highest BCUT2D eigenvalue weighted by Crippen LogP contribution is 2.29. The number of unbranched alkanes of at least 4 members (excludes halogenated alkanes) is 3. The summed E-state index contributed by atoms with van der Waals surface area (Å²) in [7, 11) is 0. The van der Waals surface area contributed by atoms with Crippen LogP contribution in [0.25, 0.3) is 5.69 Å². The lowest BCUT2D eigenvalue weighted by atomic mass is 10.2. The van der Waals surface area contributed by atoms with Gasteiger partial charge in [0.2, 0.25) is 0 Å². The molecule has 0 amide bonds. The number of carboxylic acid groups (broad SMARTS) is 1. The smallest absolute Gasteiger partial charge is 0.332 e. The van der Waals surface area contributed by atoms with Gasteiger partial charge in [0.1, 0.15) is 0 Å². The summed E-state index contributed by atoms with van der Waals surface area (Å²) in [4.78, 5) is 24.5. The van der Waals surface area contributed by atoms with Gasteiger partial charge in [-0.1, -0.05) is 42.1 Å². The lowest BCUT2D eigenvalue weighted by molar-refractivity contribution is -0.133. The summed E-state index contributed by atoms with van der Waals surface area (Å²) in [5.74, 6) is -0.928. The van der Waals surface area contributed by atoms with E-state index in [0.29, 0.717) is 6.54 Å². The Morgan fingerprint density at radius 1 is 1.28 bits per heavy atom. The van der Waals surface area contributed by atoms with Gasteiger partial charge in [0.15, 0.2) is 0 Å². The average molecular weight is 427 g/mol. The predicted molar refractivity (Wildman–Crippen MR) is 105 cm³/mol. The second kappa shape index (κ2) is 9.29. The fourth-order valence-corrected chi connectivity index (χ4v) is 3.99. The van der Waals surface area contributed by atoms with Crippen LogP contribution in [0, 0.1) is 6.92 Å². The molecular weight excluding hydrogens is 404 g/mol. The van der Waals surface area contributed by atoms with Gasteiger partial charge in [-0.2, -0.15) is 0 Å². The molecule has 2 aromatic rings. The number of imidazole rings is 1. The summed E-state index contributed by atoms with van der Waals surface area (Å²) in [6.45, 7) is 4.81. The molecule has 25 heavy (non-hydrogen) atoms. The van der Waals surface area contributed by atoms with Gasteiger partial charge in [-0.15, -0.1) is 11.8 Å². The third-order valence-corrected chi connectivity index (χ3v) is 5.47. The first-order valence-corrected chi connectivity index (χ1v) is 10.1. The summed E-state index contributed by atoms with van der Waals surface area (Å²) in [5.41, 5.74) is 1.56. The molecule has 1 aromatic heterocycles. The number of carbonyl (C=O) groups is 1. The predicted octanol–water partition coefficient (Wildman–Crippen LogP) is 4.47. The van der Waals surface area contributed by atoms with Gasteiger partial charge in [-0.3, -0.25) is 13.9 Å². The fraction of sp³-hybridized carbons (Fsp3) is 0.444. The molecule has 136 valence electrons. The van der Waals surface area contributed by atoms with E-state index in [9.17, 15) is 9.59 Å². The number of halogens is 1. The number of aryl methyl sites for hydroxylation is 1. The number of aliphatic carboxylic acids is 1. The zero-order valence-electron chi connectivity index (χ0n) is 14.5. The van der Waals surface area contributed by atoms with E-state index in [1.54, 1.807) is 9.13 Å². The summed E-state index contributed by atoms with van der Waals surface area (Å²) in [6.07, 6.45) is 6.27. The molecule has 0 aliphatic carbocycles. The second-order valence-electron chi connectivity index (χ2n) is 5.93. The van der Waals surface area contributed by atoms with E-state index >= 15 is 0 Å². The molecule has 0 atom stereocenters. The molecule has 5 nitrogen and oxygen atoms in total. The van der Waals surface area contributed by atoms with E-state index in [1.807, 2.05) is 31.3 Å². The van der Waals surface area contributed by atoms with E-state index in [0.717, 1.165) is 40.0 Å². The minimum absolute atomic E-state index is 0.0467. The minimum atomic E-state index is -0.882. The van der Waals surface area contributed by atoms with Crippen LogP contribution >= 0.6 is 27.7 Å². The molecule has 1 N–H and O–H groups in total. The highest BCUT2D eigenvalue weighted by Gasteiger charge is 2.14. The van der Waals surface area contributed by atoms with Crippen LogP contribution in [0.4, 0.5) is 0 Å². The summed E-state index contributed by atoms with van der Waals surface area (Å²) in [6, 6.07) is 5.56. The molecule has 7 heteroatoms. The third kappa shape index (κ3) is 5.25. The van der Waals surface area contributed by atoms with Gasteiger partial charge in [0, 0.05) is 27.8 Å². The standard InChI is InChI=1S/C18H23BrN2O3S/c1-3-4-5-6-9-20-13(2)11-21(18(20)24)15-8-7-14(19)10-16(15)25-12-17(22)23/h7-8,10-11H,3-6,9,12H2,1-2H3,(H,22,23). The number of hydrogen-bond donors (Lipinski definition) is 1. The topological polar surface area (TPSA) is 64.2 Å². The molecule has 0 bridgehead atoms. The molecule has 0 unspecified atom stereocenters. The number of hydrogen-bond acceptors (Lipinski definition) is 3. The van der Waals surface area contributed by atoms with Crippen LogP contribution in [0.1, 0.15) is 38.3 Å². The molecule has 0 saturated heterocycles. The van der Waals surface area contributed by atoms with Crippen LogP contribution in [0.2, 0.25) is 0 Å². The molecular formula is C18H23BrN2O3S. The van der Waals surface area contributed by atoms with Gasteiger partial charge in [0.25, 0.3) is 0 Å². The first-order valence-electron chi connectivity index (χ1n) is 8.37. The van der Waals surface area contributed by atoms with Crippen molar-refractivity contribution in [2.45, 2.75) is 51.0 Å². The van der Waals surface area contributed by atoms with Crippen molar-refractivity contribution in [3.63, 3.8) is 0 Å². The van der Waals surface area contributed by atoms with Crippen LogP contribution in [-0.4, -0.2) is 26.0 Å². The van der Waals surface area contributed by atoms with E-state index < -0.39 is 5.97 Å². The van der Waals surface area contributed by atoms with Crippen molar-refractivity contribution in [2.75, 3.05) is 5.75 Å². The zero-order chi connectivity index (χ0) is 18.4. The Labute approximate surface area is 160 Å². The van der Waals surface area contributed by atoms with Crippen molar-refractivity contribution in [1.82, 2.24) is 9.13 Å². The summed E-state index contributed by atoms with van der Waals surface area (Å²) >= 11 is 4.62. The van der Waals surface area contributed by atoms with Crippen molar-refractivity contribution in [1.29, 1.82) is 0 Å². The van der Waals surface area contributed by atoms with Gasteiger partial charge >= 0.3 is 11.7 Å². The maximum absolute atomic E-state index is 12.8. The average Bonchev–Trinajstić information content (AvgIpc) is 2.84. The monoisotopic (exact) mass is 426 g/mol. The molecule has 0 spiro atoms. The van der Waals surface area contributed by atoms with Crippen LogP contribution in [0.3, 0.4) is 0 Å². The molecule has 0 fully saturated rings. The number of aromatic nitrogens is 2. The SMILES string of the molecule is CCCCCCn1c(C)cn(-c2ccc(Br)cc2SCC(=O)O)c1=O. The number of carboxylic acids is 1. The van der Waals surface area contributed by atoms with E-state index in [2.05, 4.69) is 22.9 Å². The van der Waals surface area contributed by atoms with E-state index in [4.69, 9.17) is 5.11 Å².